The van der Waals surface area contributed by atoms with Crippen LogP contribution in [0.25, 0.3) is 11.3 Å². The fourth-order valence-electron chi connectivity index (χ4n) is 5.43. The Labute approximate surface area is 205 Å². The van der Waals surface area contributed by atoms with E-state index < -0.39 is 5.95 Å². The third-order valence-corrected chi connectivity index (χ3v) is 7.74. The highest BCUT2D eigenvalue weighted by Crippen LogP contribution is 2.38. The molecule has 0 bridgehead atoms. The van der Waals surface area contributed by atoms with E-state index in [0.717, 1.165) is 17.9 Å². The minimum Gasteiger partial charge on any atom is -0.486 e. The van der Waals surface area contributed by atoms with Gasteiger partial charge in [0.25, 0.3) is 5.95 Å². The van der Waals surface area contributed by atoms with E-state index in [1.165, 1.54) is 76.2 Å². The molecule has 1 aromatic heterocycles. The minimum atomic E-state index is -0.550. The SMILES string of the molecule is CCCCC[C@@H]1O[C@H]1COc1ccc(-c2ccc([C@H]3CC[C@H](CCCCC)CC3)cc2)nc1F. The fourth-order valence-corrected chi connectivity index (χ4v) is 5.43. The van der Waals surface area contributed by atoms with Crippen LogP contribution in [0, 0.1) is 11.9 Å². The maximum atomic E-state index is 14.6. The summed E-state index contributed by atoms with van der Waals surface area (Å²) in [5.41, 5.74) is 3.01. The monoisotopic (exact) mass is 467 g/mol. The highest BCUT2D eigenvalue weighted by atomic mass is 19.1. The Balaban J connectivity index is 1.25. The predicted molar refractivity (Wildman–Crippen MR) is 137 cm³/mol. The van der Waals surface area contributed by atoms with E-state index in [1.54, 1.807) is 6.07 Å². The van der Waals surface area contributed by atoms with E-state index in [0.29, 0.717) is 18.2 Å². The van der Waals surface area contributed by atoms with Crippen molar-refractivity contribution in [2.24, 2.45) is 5.92 Å². The van der Waals surface area contributed by atoms with Gasteiger partial charge in [0.15, 0.2) is 5.75 Å². The lowest BCUT2D eigenvalue weighted by Gasteiger charge is -2.29. The zero-order chi connectivity index (χ0) is 23.8. The molecule has 0 unspecified atom stereocenters. The number of unbranched alkanes of at least 4 members (excludes halogenated alkanes) is 4. The van der Waals surface area contributed by atoms with Crippen LogP contribution in [0.1, 0.15) is 102 Å². The second-order valence-corrected chi connectivity index (χ2v) is 10.3. The number of hydrogen-bond donors (Lipinski definition) is 0. The van der Waals surface area contributed by atoms with Crippen molar-refractivity contribution in [3.8, 4) is 17.0 Å². The lowest BCUT2D eigenvalue weighted by Crippen LogP contribution is -2.13. The van der Waals surface area contributed by atoms with Gasteiger partial charge in [0.2, 0.25) is 0 Å². The van der Waals surface area contributed by atoms with Crippen LogP contribution in [0.3, 0.4) is 0 Å². The molecule has 1 aliphatic carbocycles. The van der Waals surface area contributed by atoms with Crippen molar-refractivity contribution < 1.29 is 13.9 Å². The summed E-state index contributed by atoms with van der Waals surface area (Å²) in [5, 5.41) is 0. The van der Waals surface area contributed by atoms with Gasteiger partial charge in [-0.05, 0) is 61.6 Å². The summed E-state index contributed by atoms with van der Waals surface area (Å²) in [6.45, 7) is 4.87. The topological polar surface area (TPSA) is 34.6 Å². The maximum absolute atomic E-state index is 14.6. The van der Waals surface area contributed by atoms with E-state index >= 15 is 0 Å². The van der Waals surface area contributed by atoms with Gasteiger partial charge >= 0.3 is 0 Å². The molecular weight excluding hydrogens is 425 g/mol. The maximum Gasteiger partial charge on any atom is 0.255 e. The highest BCUT2D eigenvalue weighted by Gasteiger charge is 2.38. The summed E-state index contributed by atoms with van der Waals surface area (Å²) in [7, 11) is 0. The van der Waals surface area contributed by atoms with Gasteiger partial charge in [-0.1, -0.05) is 83.1 Å². The average molecular weight is 468 g/mol. The Bertz CT molecular complexity index is 876. The molecule has 1 aromatic carbocycles. The van der Waals surface area contributed by atoms with E-state index in [4.69, 9.17) is 9.47 Å². The van der Waals surface area contributed by atoms with Crippen molar-refractivity contribution in [1.29, 1.82) is 0 Å². The first kappa shape index (κ1) is 25.2. The zero-order valence-corrected chi connectivity index (χ0v) is 21.1. The molecule has 4 heteroatoms. The van der Waals surface area contributed by atoms with E-state index in [-0.39, 0.29) is 18.0 Å². The predicted octanol–water partition coefficient (Wildman–Crippen LogP) is 8.47. The molecule has 2 aliphatic rings. The first-order chi connectivity index (χ1) is 16.7. The van der Waals surface area contributed by atoms with E-state index in [2.05, 4.69) is 43.1 Å². The molecule has 4 rings (SSSR count). The van der Waals surface area contributed by atoms with Crippen LogP contribution in [-0.2, 0) is 4.74 Å². The number of benzene rings is 1. The Morgan fingerprint density at radius 2 is 1.56 bits per heavy atom. The number of epoxide rings is 1. The van der Waals surface area contributed by atoms with Crippen LogP contribution in [0.5, 0.6) is 5.75 Å². The van der Waals surface area contributed by atoms with E-state index in [1.807, 2.05) is 6.07 Å². The zero-order valence-electron chi connectivity index (χ0n) is 21.1. The number of nitrogens with zero attached hydrogens (tertiary/aromatic N) is 1. The van der Waals surface area contributed by atoms with Crippen LogP contribution in [0.15, 0.2) is 36.4 Å². The Morgan fingerprint density at radius 3 is 2.24 bits per heavy atom. The third-order valence-electron chi connectivity index (χ3n) is 7.74. The smallest absolute Gasteiger partial charge is 0.255 e. The van der Waals surface area contributed by atoms with Crippen molar-refractivity contribution in [3.05, 3.63) is 47.9 Å². The van der Waals surface area contributed by atoms with Crippen molar-refractivity contribution in [3.63, 3.8) is 0 Å². The van der Waals surface area contributed by atoms with Crippen LogP contribution in [-0.4, -0.2) is 23.8 Å². The molecule has 2 fully saturated rings. The lowest BCUT2D eigenvalue weighted by atomic mass is 9.77. The first-order valence-electron chi connectivity index (χ1n) is 13.7. The van der Waals surface area contributed by atoms with Gasteiger partial charge in [0, 0.05) is 5.56 Å². The first-order valence-corrected chi connectivity index (χ1v) is 13.7. The summed E-state index contributed by atoms with van der Waals surface area (Å²) >= 11 is 0. The molecular formula is C30H42FNO2. The van der Waals surface area contributed by atoms with Gasteiger partial charge in [-0.3, -0.25) is 0 Å². The van der Waals surface area contributed by atoms with Gasteiger partial charge in [-0.15, -0.1) is 0 Å². The van der Waals surface area contributed by atoms with Crippen molar-refractivity contribution in [2.45, 2.75) is 109 Å². The number of ether oxygens (including phenoxy) is 2. The van der Waals surface area contributed by atoms with Crippen LogP contribution >= 0.6 is 0 Å². The number of halogens is 1. The summed E-state index contributed by atoms with van der Waals surface area (Å²) in [6.07, 6.45) is 15.8. The van der Waals surface area contributed by atoms with Gasteiger partial charge in [0.05, 0.1) is 11.8 Å². The number of aromatic nitrogens is 1. The summed E-state index contributed by atoms with van der Waals surface area (Å²) in [5.74, 6) is 1.24. The summed E-state index contributed by atoms with van der Waals surface area (Å²) < 4.78 is 25.9. The Kier molecular flexibility index (Phi) is 9.38. The third kappa shape index (κ3) is 7.04. The normalized spacial score (nSPS) is 24.2. The standard InChI is InChI=1S/C30H42FNO2/c1-3-5-7-9-22-11-13-23(14-12-22)24-15-17-25(18-16-24)26-19-20-28(30(31)32-26)33-21-29-27(34-29)10-8-6-4-2/h15-20,22-23,27,29H,3-14,21H2,1-2H3/t22-,23-,27-,29-/m0/s1. The van der Waals surface area contributed by atoms with Crippen molar-refractivity contribution in [2.75, 3.05) is 6.61 Å². The molecule has 2 aromatic rings. The molecule has 0 radical (unpaired) electrons. The van der Waals surface area contributed by atoms with Crippen LogP contribution in [0.4, 0.5) is 4.39 Å². The second-order valence-electron chi connectivity index (χ2n) is 10.3. The van der Waals surface area contributed by atoms with Crippen molar-refractivity contribution in [1.82, 2.24) is 4.98 Å². The van der Waals surface area contributed by atoms with Crippen LogP contribution < -0.4 is 4.74 Å². The highest BCUT2D eigenvalue weighted by molar-refractivity contribution is 5.60. The molecule has 186 valence electrons. The van der Waals surface area contributed by atoms with Gasteiger partial charge < -0.3 is 9.47 Å². The number of pyridine rings is 1. The van der Waals surface area contributed by atoms with Gasteiger partial charge in [-0.25, -0.2) is 4.98 Å². The van der Waals surface area contributed by atoms with Gasteiger partial charge in [-0.2, -0.15) is 4.39 Å². The summed E-state index contributed by atoms with van der Waals surface area (Å²) in [4.78, 5) is 4.18. The molecule has 0 amide bonds. The Hall–Kier alpha value is -1.94. The molecule has 34 heavy (non-hydrogen) atoms. The summed E-state index contributed by atoms with van der Waals surface area (Å²) in [6, 6.07) is 12.1. The minimum absolute atomic E-state index is 0.0925. The Morgan fingerprint density at radius 1 is 0.853 bits per heavy atom. The fraction of sp³-hybridized carbons (Fsp3) is 0.633. The van der Waals surface area contributed by atoms with E-state index in [9.17, 15) is 4.39 Å². The number of rotatable bonds is 13. The molecule has 1 saturated heterocycles. The number of hydrogen-bond acceptors (Lipinski definition) is 3. The molecule has 0 spiro atoms. The second kappa shape index (κ2) is 12.7. The molecule has 3 nitrogen and oxygen atoms in total. The van der Waals surface area contributed by atoms with Gasteiger partial charge in [0.1, 0.15) is 12.7 Å². The quantitative estimate of drug-likeness (QED) is 0.168. The largest absolute Gasteiger partial charge is 0.486 e. The molecule has 1 saturated carbocycles. The molecule has 0 N–H and O–H groups in total. The van der Waals surface area contributed by atoms with Crippen molar-refractivity contribution >= 4 is 0 Å². The van der Waals surface area contributed by atoms with Crippen LogP contribution in [0.2, 0.25) is 0 Å². The molecule has 2 heterocycles. The molecule has 1 aliphatic heterocycles. The lowest BCUT2D eigenvalue weighted by molar-refractivity contribution is 0.248. The average Bonchev–Trinajstić information content (AvgIpc) is 3.62. The molecule has 2 atom stereocenters.